The topological polar surface area (TPSA) is 64.0 Å². The Morgan fingerprint density at radius 3 is 2.83 bits per heavy atom. The maximum atomic E-state index is 12.5. The van der Waals surface area contributed by atoms with Gasteiger partial charge in [-0.15, -0.1) is 0 Å². The van der Waals surface area contributed by atoms with E-state index in [1.54, 1.807) is 6.20 Å². The molecule has 1 atom stereocenters. The van der Waals surface area contributed by atoms with E-state index in [1.165, 1.54) is 4.68 Å². The first kappa shape index (κ1) is 15.7. The summed E-state index contributed by atoms with van der Waals surface area (Å²) in [6.07, 6.45) is 6.73. The largest absolute Gasteiger partial charge is 0.351 e. The molecular weight excluding hydrogens is 290 g/mol. The van der Waals surface area contributed by atoms with Crippen molar-refractivity contribution in [2.75, 3.05) is 0 Å². The van der Waals surface area contributed by atoms with Gasteiger partial charge in [0.25, 0.3) is 5.56 Å². The van der Waals surface area contributed by atoms with Gasteiger partial charge in [0.1, 0.15) is 0 Å². The number of rotatable bonds is 5. The van der Waals surface area contributed by atoms with Crippen molar-refractivity contribution in [1.82, 2.24) is 15.1 Å². The van der Waals surface area contributed by atoms with Crippen molar-refractivity contribution in [3.63, 3.8) is 0 Å². The fourth-order valence-electron chi connectivity index (χ4n) is 3.25. The first-order chi connectivity index (χ1) is 11.2. The van der Waals surface area contributed by atoms with Crippen LogP contribution in [0.15, 0.2) is 35.3 Å². The number of nitrogens with zero attached hydrogens (tertiary/aromatic N) is 2. The predicted octanol–water partition coefficient (Wildman–Crippen LogP) is 2.48. The highest BCUT2D eigenvalue weighted by Crippen LogP contribution is 2.24. The zero-order valence-corrected chi connectivity index (χ0v) is 13.5. The highest BCUT2D eigenvalue weighted by Gasteiger charge is 2.24. The standard InChI is InChI=1S/C18H23N3O2/c1-2-15(20-17(22)13-7-3-4-8-13)12-21-18(23)16-10-6-5-9-14(16)11-19-21/h5-6,9-11,13,15H,2-4,7-8,12H2,1H3,(H,20,22)/t15-/m1/s1. The fourth-order valence-corrected chi connectivity index (χ4v) is 3.25. The second kappa shape index (κ2) is 6.94. The lowest BCUT2D eigenvalue weighted by Crippen LogP contribution is -2.42. The quantitative estimate of drug-likeness (QED) is 0.922. The summed E-state index contributed by atoms with van der Waals surface area (Å²) < 4.78 is 1.46. The zero-order chi connectivity index (χ0) is 16.2. The van der Waals surface area contributed by atoms with E-state index in [9.17, 15) is 9.59 Å². The van der Waals surface area contributed by atoms with Crippen LogP contribution >= 0.6 is 0 Å². The Morgan fingerprint density at radius 2 is 2.09 bits per heavy atom. The maximum absolute atomic E-state index is 12.5. The SMILES string of the molecule is CC[C@H](Cn1ncc2ccccc2c1=O)NC(=O)C1CCCC1. The van der Waals surface area contributed by atoms with E-state index in [0.29, 0.717) is 11.9 Å². The lowest BCUT2D eigenvalue weighted by molar-refractivity contribution is -0.125. The molecule has 2 aromatic rings. The van der Waals surface area contributed by atoms with E-state index >= 15 is 0 Å². The van der Waals surface area contributed by atoms with Crippen LogP contribution in [0.3, 0.4) is 0 Å². The monoisotopic (exact) mass is 313 g/mol. The summed E-state index contributed by atoms with van der Waals surface area (Å²) in [6.45, 7) is 2.43. The number of benzene rings is 1. The fraction of sp³-hybridized carbons (Fsp3) is 0.500. The van der Waals surface area contributed by atoms with Crippen LogP contribution in [0.1, 0.15) is 39.0 Å². The number of amides is 1. The predicted molar refractivity (Wildman–Crippen MR) is 90.2 cm³/mol. The molecule has 0 spiro atoms. The van der Waals surface area contributed by atoms with Crippen molar-refractivity contribution in [3.05, 3.63) is 40.8 Å². The summed E-state index contributed by atoms with van der Waals surface area (Å²) in [6, 6.07) is 7.38. The smallest absolute Gasteiger partial charge is 0.274 e. The first-order valence-corrected chi connectivity index (χ1v) is 8.44. The molecule has 5 nitrogen and oxygen atoms in total. The second-order valence-corrected chi connectivity index (χ2v) is 6.31. The van der Waals surface area contributed by atoms with E-state index in [2.05, 4.69) is 10.4 Å². The van der Waals surface area contributed by atoms with Crippen LogP contribution in [0.5, 0.6) is 0 Å². The minimum atomic E-state index is -0.100. The Kier molecular flexibility index (Phi) is 4.74. The Balaban J connectivity index is 1.75. The van der Waals surface area contributed by atoms with Crippen LogP contribution in [0.25, 0.3) is 10.8 Å². The van der Waals surface area contributed by atoms with E-state index < -0.39 is 0 Å². The Hall–Kier alpha value is -2.17. The molecule has 1 heterocycles. The summed E-state index contributed by atoms with van der Waals surface area (Å²) in [5, 5.41) is 8.86. The molecule has 3 rings (SSSR count). The van der Waals surface area contributed by atoms with Gasteiger partial charge < -0.3 is 5.32 Å². The highest BCUT2D eigenvalue weighted by atomic mass is 16.2. The number of aromatic nitrogens is 2. The van der Waals surface area contributed by atoms with Crippen LogP contribution in [-0.4, -0.2) is 21.7 Å². The summed E-state index contributed by atoms with van der Waals surface area (Å²) in [5.41, 5.74) is -0.100. The number of hydrogen-bond donors (Lipinski definition) is 1. The van der Waals surface area contributed by atoms with Gasteiger partial charge in [-0.2, -0.15) is 5.10 Å². The van der Waals surface area contributed by atoms with E-state index in [4.69, 9.17) is 0 Å². The van der Waals surface area contributed by atoms with Crippen LogP contribution in [0.2, 0.25) is 0 Å². The molecule has 5 heteroatoms. The molecule has 1 saturated carbocycles. The number of carbonyl (C=O) groups is 1. The molecule has 0 saturated heterocycles. The number of carbonyl (C=O) groups excluding carboxylic acids is 1. The third-order valence-electron chi connectivity index (χ3n) is 4.72. The van der Waals surface area contributed by atoms with E-state index in [0.717, 1.165) is 37.5 Å². The molecule has 122 valence electrons. The van der Waals surface area contributed by atoms with Crippen molar-refractivity contribution in [2.24, 2.45) is 5.92 Å². The average molecular weight is 313 g/mol. The summed E-state index contributed by atoms with van der Waals surface area (Å²) in [7, 11) is 0. The Bertz CT molecular complexity index is 747. The van der Waals surface area contributed by atoms with Crippen molar-refractivity contribution >= 4 is 16.7 Å². The van der Waals surface area contributed by atoms with Gasteiger partial charge in [0.15, 0.2) is 0 Å². The second-order valence-electron chi connectivity index (χ2n) is 6.31. The molecule has 0 radical (unpaired) electrons. The molecular formula is C18H23N3O2. The highest BCUT2D eigenvalue weighted by molar-refractivity contribution is 5.80. The Morgan fingerprint density at radius 1 is 1.35 bits per heavy atom. The van der Waals surface area contributed by atoms with Crippen LogP contribution in [0, 0.1) is 5.92 Å². The molecule has 1 N–H and O–H groups in total. The summed E-state index contributed by atoms with van der Waals surface area (Å²) in [4.78, 5) is 24.8. The molecule has 1 amide bonds. The molecule has 23 heavy (non-hydrogen) atoms. The molecule has 1 aromatic carbocycles. The van der Waals surface area contributed by atoms with Gasteiger partial charge in [-0.25, -0.2) is 4.68 Å². The molecule has 1 fully saturated rings. The lowest BCUT2D eigenvalue weighted by atomic mass is 10.1. The third kappa shape index (κ3) is 3.44. The van der Waals surface area contributed by atoms with Gasteiger partial charge in [-0.3, -0.25) is 9.59 Å². The van der Waals surface area contributed by atoms with Crippen molar-refractivity contribution < 1.29 is 4.79 Å². The normalized spacial score (nSPS) is 16.6. The molecule has 1 aliphatic rings. The van der Waals surface area contributed by atoms with Crippen LogP contribution in [0.4, 0.5) is 0 Å². The maximum Gasteiger partial charge on any atom is 0.274 e. The lowest BCUT2D eigenvalue weighted by Gasteiger charge is -2.20. The van der Waals surface area contributed by atoms with Gasteiger partial charge in [0.2, 0.25) is 5.91 Å². The third-order valence-corrected chi connectivity index (χ3v) is 4.72. The molecule has 1 aliphatic carbocycles. The summed E-state index contributed by atoms with van der Waals surface area (Å²) >= 11 is 0. The number of hydrogen-bond acceptors (Lipinski definition) is 3. The van der Waals surface area contributed by atoms with Crippen molar-refractivity contribution in [2.45, 2.75) is 51.6 Å². The van der Waals surface area contributed by atoms with E-state index in [-0.39, 0.29) is 23.4 Å². The molecule has 0 aliphatic heterocycles. The summed E-state index contributed by atoms with van der Waals surface area (Å²) in [5.74, 6) is 0.272. The van der Waals surface area contributed by atoms with Gasteiger partial charge >= 0.3 is 0 Å². The number of nitrogens with one attached hydrogen (secondary N) is 1. The minimum absolute atomic E-state index is 0.0607. The average Bonchev–Trinajstić information content (AvgIpc) is 3.11. The zero-order valence-electron chi connectivity index (χ0n) is 13.5. The van der Waals surface area contributed by atoms with Crippen molar-refractivity contribution in [1.29, 1.82) is 0 Å². The minimum Gasteiger partial charge on any atom is -0.351 e. The first-order valence-electron chi connectivity index (χ1n) is 8.44. The molecule has 0 bridgehead atoms. The van der Waals surface area contributed by atoms with Gasteiger partial charge in [0, 0.05) is 17.3 Å². The van der Waals surface area contributed by atoms with Gasteiger partial charge in [-0.05, 0) is 25.3 Å². The van der Waals surface area contributed by atoms with Gasteiger partial charge in [-0.1, -0.05) is 38.0 Å². The van der Waals surface area contributed by atoms with Crippen LogP contribution < -0.4 is 10.9 Å². The molecule has 1 aromatic heterocycles. The van der Waals surface area contributed by atoms with Gasteiger partial charge in [0.05, 0.1) is 18.1 Å². The Labute approximate surface area is 135 Å². The van der Waals surface area contributed by atoms with Crippen LogP contribution in [-0.2, 0) is 11.3 Å². The molecule has 0 unspecified atom stereocenters. The van der Waals surface area contributed by atoms with Crippen molar-refractivity contribution in [3.8, 4) is 0 Å². The van der Waals surface area contributed by atoms with E-state index in [1.807, 2.05) is 31.2 Å². The number of fused-ring (bicyclic) bond motifs is 1.